The minimum absolute atomic E-state index is 0.365. The smallest absolute Gasteiger partial charge is 0.145 e. The van der Waals surface area contributed by atoms with Crippen LogP contribution in [0.15, 0.2) is 12.4 Å². The number of hydrogen-bond donors (Lipinski definition) is 1. The third-order valence-corrected chi connectivity index (χ3v) is 3.12. The predicted octanol–water partition coefficient (Wildman–Crippen LogP) is 2.24. The number of aryl methyl sites for hydroxylation is 1. The summed E-state index contributed by atoms with van der Waals surface area (Å²) in [4.78, 5) is 8.85. The van der Waals surface area contributed by atoms with Gasteiger partial charge in [0.1, 0.15) is 5.82 Å². The van der Waals surface area contributed by atoms with Crippen LogP contribution >= 0.6 is 0 Å². The van der Waals surface area contributed by atoms with Gasteiger partial charge in [-0.3, -0.25) is 0 Å². The van der Waals surface area contributed by atoms with Gasteiger partial charge in [0.25, 0.3) is 0 Å². The zero-order chi connectivity index (χ0) is 10.7. The molecule has 1 aliphatic carbocycles. The first kappa shape index (κ1) is 10.6. The Kier molecular flexibility index (Phi) is 3.31. The summed E-state index contributed by atoms with van der Waals surface area (Å²) in [7, 11) is 0. The fourth-order valence-corrected chi connectivity index (χ4v) is 2.03. The van der Waals surface area contributed by atoms with Crippen molar-refractivity contribution in [1.29, 1.82) is 0 Å². The van der Waals surface area contributed by atoms with Crippen LogP contribution in [0.5, 0.6) is 0 Å². The van der Waals surface area contributed by atoms with Gasteiger partial charge in [-0.2, -0.15) is 0 Å². The molecule has 0 bridgehead atoms. The highest BCUT2D eigenvalue weighted by atomic mass is 15.0. The van der Waals surface area contributed by atoms with E-state index in [4.69, 9.17) is 0 Å². The highest BCUT2D eigenvalue weighted by Gasteiger charge is 2.29. The summed E-state index contributed by atoms with van der Waals surface area (Å²) >= 11 is 0. The van der Waals surface area contributed by atoms with Crippen molar-refractivity contribution < 1.29 is 0 Å². The molecule has 0 spiro atoms. The van der Waals surface area contributed by atoms with Crippen molar-refractivity contribution in [2.24, 2.45) is 5.92 Å². The molecule has 1 saturated carbocycles. The molecular weight excluding hydrogens is 186 g/mol. The zero-order valence-corrected chi connectivity index (χ0v) is 9.53. The first-order valence-electron chi connectivity index (χ1n) is 5.83. The number of rotatable bonds is 4. The molecule has 2 rings (SSSR count). The lowest BCUT2D eigenvalue weighted by Gasteiger charge is -2.33. The van der Waals surface area contributed by atoms with Gasteiger partial charge in [0.05, 0.1) is 6.04 Å². The van der Waals surface area contributed by atoms with Crippen LogP contribution in [0.2, 0.25) is 0 Å². The van der Waals surface area contributed by atoms with Gasteiger partial charge < -0.3 is 5.32 Å². The van der Waals surface area contributed by atoms with Crippen molar-refractivity contribution in [2.75, 3.05) is 6.54 Å². The molecule has 1 N–H and O–H groups in total. The van der Waals surface area contributed by atoms with Crippen molar-refractivity contribution in [1.82, 2.24) is 15.3 Å². The molecule has 1 aromatic heterocycles. The number of nitrogens with zero attached hydrogens (tertiary/aromatic N) is 2. The van der Waals surface area contributed by atoms with Crippen LogP contribution in [0.3, 0.4) is 0 Å². The molecule has 1 fully saturated rings. The lowest BCUT2D eigenvalue weighted by Crippen LogP contribution is -2.33. The fraction of sp³-hybridized carbons (Fsp3) is 0.667. The molecule has 82 valence electrons. The Labute approximate surface area is 91.3 Å². The largest absolute Gasteiger partial charge is 0.307 e. The molecule has 0 radical (unpaired) electrons. The van der Waals surface area contributed by atoms with Gasteiger partial charge in [-0.25, -0.2) is 9.97 Å². The molecule has 3 nitrogen and oxygen atoms in total. The standard InChI is InChI=1S/C12H19N3/c1-3-13-11(10-5-4-6-10)12-14-7-9(2)8-15-12/h7-8,10-11,13H,3-6H2,1-2H3. The number of hydrogen-bond acceptors (Lipinski definition) is 3. The lowest BCUT2D eigenvalue weighted by atomic mass is 9.79. The van der Waals surface area contributed by atoms with Crippen molar-refractivity contribution >= 4 is 0 Å². The van der Waals surface area contributed by atoms with E-state index in [-0.39, 0.29) is 0 Å². The molecule has 0 saturated heterocycles. The van der Waals surface area contributed by atoms with E-state index in [0.29, 0.717) is 6.04 Å². The minimum atomic E-state index is 0.365. The van der Waals surface area contributed by atoms with E-state index in [0.717, 1.165) is 23.9 Å². The zero-order valence-electron chi connectivity index (χ0n) is 9.53. The predicted molar refractivity (Wildman–Crippen MR) is 60.5 cm³/mol. The fourth-order valence-electron chi connectivity index (χ4n) is 2.03. The quantitative estimate of drug-likeness (QED) is 0.819. The van der Waals surface area contributed by atoms with Crippen molar-refractivity contribution in [2.45, 2.75) is 39.2 Å². The Balaban J connectivity index is 2.12. The van der Waals surface area contributed by atoms with Gasteiger partial charge in [0, 0.05) is 12.4 Å². The van der Waals surface area contributed by atoms with Crippen LogP contribution in [0.4, 0.5) is 0 Å². The number of nitrogens with one attached hydrogen (secondary N) is 1. The summed E-state index contributed by atoms with van der Waals surface area (Å²) in [6.07, 6.45) is 7.80. The SMILES string of the molecule is CCNC(c1ncc(C)cn1)C1CCC1. The third kappa shape index (κ3) is 2.34. The van der Waals surface area contributed by atoms with Gasteiger partial charge in [-0.15, -0.1) is 0 Å². The Morgan fingerprint density at radius 1 is 1.40 bits per heavy atom. The Hall–Kier alpha value is -0.960. The maximum atomic E-state index is 4.43. The monoisotopic (exact) mass is 205 g/mol. The van der Waals surface area contributed by atoms with Gasteiger partial charge >= 0.3 is 0 Å². The van der Waals surface area contributed by atoms with E-state index >= 15 is 0 Å². The lowest BCUT2D eigenvalue weighted by molar-refractivity contribution is 0.225. The molecular formula is C12H19N3. The molecule has 1 aliphatic rings. The van der Waals surface area contributed by atoms with Crippen LogP contribution in [-0.2, 0) is 0 Å². The second-order valence-corrected chi connectivity index (χ2v) is 4.34. The third-order valence-electron chi connectivity index (χ3n) is 3.12. The Morgan fingerprint density at radius 3 is 2.53 bits per heavy atom. The van der Waals surface area contributed by atoms with Crippen LogP contribution in [0.1, 0.15) is 43.6 Å². The van der Waals surface area contributed by atoms with E-state index in [9.17, 15) is 0 Å². The summed E-state index contributed by atoms with van der Waals surface area (Å²) in [5.74, 6) is 1.71. The van der Waals surface area contributed by atoms with E-state index < -0.39 is 0 Å². The van der Waals surface area contributed by atoms with Gasteiger partial charge in [0.15, 0.2) is 0 Å². The maximum Gasteiger partial charge on any atom is 0.145 e. The normalized spacial score (nSPS) is 18.5. The minimum Gasteiger partial charge on any atom is -0.307 e. The van der Waals surface area contributed by atoms with Crippen LogP contribution in [-0.4, -0.2) is 16.5 Å². The highest BCUT2D eigenvalue weighted by Crippen LogP contribution is 2.36. The van der Waals surface area contributed by atoms with Crippen molar-refractivity contribution in [3.8, 4) is 0 Å². The van der Waals surface area contributed by atoms with Crippen LogP contribution < -0.4 is 5.32 Å². The molecule has 1 unspecified atom stereocenters. The first-order chi connectivity index (χ1) is 7.31. The summed E-state index contributed by atoms with van der Waals surface area (Å²) in [6, 6.07) is 0.365. The second kappa shape index (κ2) is 4.71. The Morgan fingerprint density at radius 2 is 2.07 bits per heavy atom. The maximum absolute atomic E-state index is 4.43. The summed E-state index contributed by atoms with van der Waals surface area (Å²) < 4.78 is 0. The van der Waals surface area contributed by atoms with Crippen molar-refractivity contribution in [3.05, 3.63) is 23.8 Å². The molecule has 15 heavy (non-hydrogen) atoms. The van der Waals surface area contributed by atoms with E-state index in [1.807, 2.05) is 19.3 Å². The van der Waals surface area contributed by atoms with Crippen molar-refractivity contribution in [3.63, 3.8) is 0 Å². The van der Waals surface area contributed by atoms with Crippen LogP contribution in [0, 0.1) is 12.8 Å². The molecule has 0 aliphatic heterocycles. The Bertz CT molecular complexity index is 303. The molecule has 0 aromatic carbocycles. The van der Waals surface area contributed by atoms with E-state index in [2.05, 4.69) is 22.2 Å². The number of aromatic nitrogens is 2. The molecule has 1 aromatic rings. The average Bonchev–Trinajstić information content (AvgIpc) is 2.16. The molecule has 3 heteroatoms. The van der Waals surface area contributed by atoms with Crippen LogP contribution in [0.25, 0.3) is 0 Å². The van der Waals surface area contributed by atoms with Gasteiger partial charge in [-0.05, 0) is 37.8 Å². The summed E-state index contributed by atoms with van der Waals surface area (Å²) in [6.45, 7) is 5.15. The topological polar surface area (TPSA) is 37.8 Å². The molecule has 0 amide bonds. The highest BCUT2D eigenvalue weighted by molar-refractivity contribution is 5.06. The molecule has 1 heterocycles. The first-order valence-corrected chi connectivity index (χ1v) is 5.83. The average molecular weight is 205 g/mol. The van der Waals surface area contributed by atoms with Gasteiger partial charge in [0.2, 0.25) is 0 Å². The van der Waals surface area contributed by atoms with Gasteiger partial charge in [-0.1, -0.05) is 13.3 Å². The second-order valence-electron chi connectivity index (χ2n) is 4.34. The summed E-state index contributed by atoms with van der Waals surface area (Å²) in [5.41, 5.74) is 1.13. The van der Waals surface area contributed by atoms with E-state index in [1.54, 1.807) is 0 Å². The molecule has 1 atom stereocenters. The summed E-state index contributed by atoms with van der Waals surface area (Å²) in [5, 5.41) is 3.50. The van der Waals surface area contributed by atoms with E-state index in [1.165, 1.54) is 19.3 Å².